The Hall–Kier alpha value is -1.43. The van der Waals surface area contributed by atoms with Gasteiger partial charge in [0.25, 0.3) is 0 Å². The standard InChI is InChI=1S/C5H6N2O3S/c6-5(11)7-3(8)1-2-4(9)10/h1-2H,(H,9,10)(H3,6,7,8,11)/b2-1-. The van der Waals surface area contributed by atoms with Crippen LogP contribution in [0.3, 0.4) is 0 Å². The van der Waals surface area contributed by atoms with E-state index in [0.717, 1.165) is 6.08 Å². The third-order valence-electron chi connectivity index (χ3n) is 0.624. The minimum Gasteiger partial charge on any atom is -0.478 e. The Kier molecular flexibility index (Phi) is 3.82. The van der Waals surface area contributed by atoms with Gasteiger partial charge < -0.3 is 10.8 Å². The highest BCUT2D eigenvalue weighted by Crippen LogP contribution is 1.73. The Balaban J connectivity index is 3.88. The Labute approximate surface area is 67.9 Å². The summed E-state index contributed by atoms with van der Waals surface area (Å²) in [5, 5.41) is 9.89. The number of carboxylic acid groups (broad SMARTS) is 1. The van der Waals surface area contributed by atoms with E-state index in [1.807, 2.05) is 5.32 Å². The van der Waals surface area contributed by atoms with Gasteiger partial charge in [-0.1, -0.05) is 0 Å². The first kappa shape index (κ1) is 9.57. The van der Waals surface area contributed by atoms with Crippen LogP contribution in [0.2, 0.25) is 0 Å². The summed E-state index contributed by atoms with van der Waals surface area (Å²) < 4.78 is 0. The molecular formula is C5H6N2O3S. The van der Waals surface area contributed by atoms with Crippen LogP contribution in [0.5, 0.6) is 0 Å². The molecule has 0 aromatic heterocycles. The van der Waals surface area contributed by atoms with E-state index in [0.29, 0.717) is 6.08 Å². The average molecular weight is 174 g/mol. The monoisotopic (exact) mass is 174 g/mol. The number of carbonyl (C=O) groups excluding carboxylic acids is 1. The molecule has 0 spiro atoms. The highest BCUT2D eigenvalue weighted by molar-refractivity contribution is 7.80. The summed E-state index contributed by atoms with van der Waals surface area (Å²) >= 11 is 4.32. The first-order chi connectivity index (χ1) is 5.02. The number of thiocarbonyl (C=S) groups is 1. The van der Waals surface area contributed by atoms with Crippen LogP contribution in [0.25, 0.3) is 0 Å². The number of hydrogen-bond donors (Lipinski definition) is 3. The molecule has 6 heteroatoms. The number of carbonyl (C=O) groups is 2. The summed E-state index contributed by atoms with van der Waals surface area (Å²) in [6.45, 7) is 0. The first-order valence-electron chi connectivity index (χ1n) is 2.54. The molecule has 0 rings (SSSR count). The maximum absolute atomic E-state index is 10.5. The van der Waals surface area contributed by atoms with Crippen molar-refractivity contribution in [1.82, 2.24) is 5.32 Å². The van der Waals surface area contributed by atoms with Gasteiger partial charge in [-0.15, -0.1) is 0 Å². The van der Waals surface area contributed by atoms with E-state index in [1.165, 1.54) is 0 Å². The molecule has 60 valence electrons. The second kappa shape index (κ2) is 4.40. The Bertz CT molecular complexity index is 224. The fourth-order valence-electron chi connectivity index (χ4n) is 0.310. The largest absolute Gasteiger partial charge is 0.478 e. The highest BCUT2D eigenvalue weighted by Gasteiger charge is 1.95. The third-order valence-corrected chi connectivity index (χ3v) is 0.726. The topological polar surface area (TPSA) is 92.4 Å². The molecular weight excluding hydrogens is 168 g/mol. The second-order valence-electron chi connectivity index (χ2n) is 1.53. The number of rotatable bonds is 2. The van der Waals surface area contributed by atoms with Gasteiger partial charge in [0.1, 0.15) is 0 Å². The lowest BCUT2D eigenvalue weighted by molar-refractivity contribution is -0.131. The van der Waals surface area contributed by atoms with Crippen LogP contribution in [0.4, 0.5) is 0 Å². The zero-order valence-corrected chi connectivity index (χ0v) is 6.22. The van der Waals surface area contributed by atoms with E-state index in [1.54, 1.807) is 0 Å². The molecule has 0 aromatic rings. The Morgan fingerprint density at radius 1 is 1.45 bits per heavy atom. The number of hydrogen-bond acceptors (Lipinski definition) is 3. The van der Waals surface area contributed by atoms with Crippen LogP contribution < -0.4 is 11.1 Å². The molecule has 0 unspecified atom stereocenters. The molecule has 0 aliphatic carbocycles. The summed E-state index contributed by atoms with van der Waals surface area (Å²) in [4.78, 5) is 20.4. The van der Waals surface area contributed by atoms with Crippen molar-refractivity contribution in [1.29, 1.82) is 0 Å². The van der Waals surface area contributed by atoms with Gasteiger partial charge in [0, 0.05) is 12.2 Å². The lowest BCUT2D eigenvalue weighted by atomic mass is 10.5. The Morgan fingerprint density at radius 3 is 2.36 bits per heavy atom. The average Bonchev–Trinajstić information content (AvgIpc) is 1.82. The smallest absolute Gasteiger partial charge is 0.328 e. The van der Waals surface area contributed by atoms with Crippen molar-refractivity contribution in [3.8, 4) is 0 Å². The highest BCUT2D eigenvalue weighted by atomic mass is 32.1. The van der Waals surface area contributed by atoms with E-state index in [9.17, 15) is 9.59 Å². The van der Waals surface area contributed by atoms with Crippen LogP contribution >= 0.6 is 12.2 Å². The van der Waals surface area contributed by atoms with Crippen LogP contribution in [0.15, 0.2) is 12.2 Å². The van der Waals surface area contributed by atoms with Gasteiger partial charge in [-0.05, 0) is 12.2 Å². The van der Waals surface area contributed by atoms with Gasteiger partial charge in [0.2, 0.25) is 5.91 Å². The van der Waals surface area contributed by atoms with Crippen LogP contribution in [0, 0.1) is 0 Å². The molecule has 4 N–H and O–H groups in total. The van der Waals surface area contributed by atoms with Crippen molar-refractivity contribution in [2.24, 2.45) is 5.73 Å². The number of carboxylic acids is 1. The SMILES string of the molecule is NC(=S)NC(=O)/C=C\C(=O)O. The van der Waals surface area contributed by atoms with Crippen molar-refractivity contribution >= 4 is 29.2 Å². The fourth-order valence-corrected chi connectivity index (χ4v) is 0.411. The molecule has 0 saturated heterocycles. The maximum atomic E-state index is 10.5. The van der Waals surface area contributed by atoms with E-state index >= 15 is 0 Å². The van der Waals surface area contributed by atoms with E-state index in [2.05, 4.69) is 12.2 Å². The number of nitrogens with one attached hydrogen (secondary N) is 1. The van der Waals surface area contributed by atoms with Crippen molar-refractivity contribution in [2.45, 2.75) is 0 Å². The van der Waals surface area contributed by atoms with Crippen LogP contribution in [-0.2, 0) is 9.59 Å². The minimum absolute atomic E-state index is 0.190. The second-order valence-corrected chi connectivity index (χ2v) is 1.96. The van der Waals surface area contributed by atoms with Gasteiger partial charge in [-0.3, -0.25) is 10.1 Å². The van der Waals surface area contributed by atoms with E-state index in [-0.39, 0.29) is 5.11 Å². The van der Waals surface area contributed by atoms with Crippen molar-refractivity contribution in [2.75, 3.05) is 0 Å². The molecule has 0 atom stereocenters. The summed E-state index contributed by atoms with van der Waals surface area (Å²) in [5.74, 6) is -1.86. The maximum Gasteiger partial charge on any atom is 0.328 e. The minimum atomic E-state index is -1.21. The van der Waals surface area contributed by atoms with Crippen LogP contribution in [-0.4, -0.2) is 22.1 Å². The summed E-state index contributed by atoms with van der Waals surface area (Å²) in [7, 11) is 0. The molecule has 5 nitrogen and oxygen atoms in total. The zero-order valence-electron chi connectivity index (χ0n) is 5.40. The van der Waals surface area contributed by atoms with Crippen molar-refractivity contribution in [3.05, 3.63) is 12.2 Å². The molecule has 0 radical (unpaired) electrons. The number of aliphatic carboxylic acids is 1. The molecule has 11 heavy (non-hydrogen) atoms. The van der Waals surface area contributed by atoms with Gasteiger partial charge in [0.05, 0.1) is 0 Å². The zero-order chi connectivity index (χ0) is 8.85. The molecule has 0 fully saturated rings. The molecule has 0 heterocycles. The lowest BCUT2D eigenvalue weighted by Crippen LogP contribution is -2.33. The van der Waals surface area contributed by atoms with E-state index < -0.39 is 11.9 Å². The van der Waals surface area contributed by atoms with Crippen LogP contribution in [0.1, 0.15) is 0 Å². The van der Waals surface area contributed by atoms with E-state index in [4.69, 9.17) is 10.8 Å². The lowest BCUT2D eigenvalue weighted by Gasteiger charge is -1.94. The predicted molar refractivity (Wildman–Crippen MR) is 41.7 cm³/mol. The molecule has 0 saturated carbocycles. The normalized spacial score (nSPS) is 9.45. The molecule has 0 bridgehead atoms. The quantitative estimate of drug-likeness (QED) is 0.368. The van der Waals surface area contributed by atoms with Gasteiger partial charge in [-0.2, -0.15) is 0 Å². The molecule has 0 aliphatic rings. The third kappa shape index (κ3) is 6.46. The first-order valence-corrected chi connectivity index (χ1v) is 2.94. The summed E-state index contributed by atoms with van der Waals surface area (Å²) in [5.41, 5.74) is 4.92. The number of amides is 1. The van der Waals surface area contributed by atoms with Crippen molar-refractivity contribution in [3.63, 3.8) is 0 Å². The Morgan fingerprint density at radius 2 is 2.00 bits per heavy atom. The van der Waals surface area contributed by atoms with Crippen molar-refractivity contribution < 1.29 is 14.7 Å². The molecule has 0 aromatic carbocycles. The fraction of sp³-hybridized carbons (Fsp3) is 0. The summed E-state index contributed by atoms with van der Waals surface area (Å²) in [6.07, 6.45) is 1.51. The van der Waals surface area contributed by atoms with Gasteiger partial charge in [0.15, 0.2) is 5.11 Å². The molecule has 1 amide bonds. The summed E-state index contributed by atoms with van der Waals surface area (Å²) in [6, 6.07) is 0. The number of nitrogens with two attached hydrogens (primary N) is 1. The van der Waals surface area contributed by atoms with Gasteiger partial charge in [-0.25, -0.2) is 4.79 Å². The predicted octanol–water partition coefficient (Wildman–Crippen LogP) is -1.01. The molecule has 0 aliphatic heterocycles. The van der Waals surface area contributed by atoms with Gasteiger partial charge >= 0.3 is 5.97 Å².